The van der Waals surface area contributed by atoms with Crippen molar-refractivity contribution in [3.8, 4) is 5.75 Å². The van der Waals surface area contributed by atoms with Crippen molar-refractivity contribution in [1.29, 1.82) is 0 Å². The van der Waals surface area contributed by atoms with Gasteiger partial charge in [-0.1, -0.05) is 44.1 Å². The van der Waals surface area contributed by atoms with Gasteiger partial charge >= 0.3 is 19.3 Å². The molecule has 1 aromatic carbocycles. The van der Waals surface area contributed by atoms with Gasteiger partial charge in [-0.2, -0.15) is 13.2 Å². The molecule has 1 saturated heterocycles. The van der Waals surface area contributed by atoms with Gasteiger partial charge in [0, 0.05) is 24.0 Å². The first-order chi connectivity index (χ1) is 19.0. The van der Waals surface area contributed by atoms with E-state index in [1.54, 1.807) is 0 Å². The summed E-state index contributed by atoms with van der Waals surface area (Å²) in [6.45, 7) is 8.93. The van der Waals surface area contributed by atoms with Gasteiger partial charge in [-0.3, -0.25) is 4.79 Å². The first kappa shape index (κ1) is 32.2. The maximum atomic E-state index is 13.7. The lowest BCUT2D eigenvalue weighted by Gasteiger charge is -2.27. The summed E-state index contributed by atoms with van der Waals surface area (Å²) in [5.74, 6) is -0.0114. The van der Waals surface area contributed by atoms with Gasteiger partial charge in [0.05, 0.1) is 17.8 Å². The third-order valence-corrected chi connectivity index (χ3v) is 7.48. The predicted molar refractivity (Wildman–Crippen MR) is 148 cm³/mol. The van der Waals surface area contributed by atoms with E-state index in [9.17, 15) is 23.1 Å². The molecular formula is C30H42BF3O6. The topological polar surface area (TPSA) is 74.2 Å². The van der Waals surface area contributed by atoms with Crippen LogP contribution in [-0.4, -0.2) is 43.1 Å². The summed E-state index contributed by atoms with van der Waals surface area (Å²) in [5.41, 5.74) is -1.08. The van der Waals surface area contributed by atoms with E-state index in [1.807, 2.05) is 12.2 Å². The van der Waals surface area contributed by atoms with Crippen molar-refractivity contribution in [2.75, 3.05) is 6.61 Å². The van der Waals surface area contributed by atoms with Crippen LogP contribution in [0.4, 0.5) is 13.2 Å². The lowest BCUT2D eigenvalue weighted by atomic mass is 9.80. The van der Waals surface area contributed by atoms with Crippen LogP contribution in [0.15, 0.2) is 43.0 Å². The minimum absolute atomic E-state index is 0.0156. The number of aliphatic hydroxyl groups excluding tert-OH is 1. The summed E-state index contributed by atoms with van der Waals surface area (Å²) < 4.78 is 63.9. The van der Waals surface area contributed by atoms with E-state index >= 15 is 0 Å². The van der Waals surface area contributed by atoms with Gasteiger partial charge in [0.2, 0.25) is 0 Å². The molecule has 0 radical (unpaired) electrons. The summed E-state index contributed by atoms with van der Waals surface area (Å²) in [7, 11) is -0.137. The molecule has 3 rings (SSSR count). The highest BCUT2D eigenvalue weighted by atomic mass is 19.4. The zero-order valence-corrected chi connectivity index (χ0v) is 23.7. The Labute approximate surface area is 236 Å². The number of unbranched alkanes of at least 4 members (excludes halogenated alkanes) is 2. The number of esters is 1. The van der Waals surface area contributed by atoms with Crippen molar-refractivity contribution >= 4 is 13.1 Å². The summed E-state index contributed by atoms with van der Waals surface area (Å²) in [6, 6.07) is 3.49. The molecule has 2 aliphatic rings. The van der Waals surface area contributed by atoms with Gasteiger partial charge in [-0.25, -0.2) is 0 Å². The molecule has 10 heteroatoms. The van der Waals surface area contributed by atoms with Crippen molar-refractivity contribution in [2.45, 2.75) is 103 Å². The second kappa shape index (κ2) is 15.1. The molecule has 6 nitrogen and oxygen atoms in total. The van der Waals surface area contributed by atoms with Crippen molar-refractivity contribution in [3.05, 3.63) is 54.1 Å². The van der Waals surface area contributed by atoms with E-state index in [0.717, 1.165) is 38.1 Å². The molecule has 1 heterocycles. The number of alkyl halides is 3. The monoisotopic (exact) mass is 566 g/mol. The Bertz CT molecular complexity index is 998. The number of hydrogen-bond acceptors (Lipinski definition) is 6. The normalized spacial score (nSPS) is 24.2. The lowest BCUT2D eigenvalue weighted by molar-refractivity contribution is -0.151. The fraction of sp³-hybridized carbons (Fsp3) is 0.633. The van der Waals surface area contributed by atoms with Crippen LogP contribution in [0.2, 0.25) is 6.32 Å². The second-order valence-corrected chi connectivity index (χ2v) is 10.8. The molecule has 1 aromatic rings. The molecule has 6 atom stereocenters. The molecule has 2 fully saturated rings. The van der Waals surface area contributed by atoms with E-state index in [1.165, 1.54) is 26.0 Å². The number of halogens is 3. The number of benzene rings is 1. The van der Waals surface area contributed by atoms with E-state index in [-0.39, 0.29) is 49.6 Å². The SMILES string of the molecule is C=C[C@@H]1[C@@H](C/C=C\CCCC(=O)OC(C)c2ccc(OC[C@@H](C)O)cc2C(F)(F)F)[C@@H]2C[C@H]1OB(CCCC)O2. The van der Waals surface area contributed by atoms with E-state index in [4.69, 9.17) is 18.8 Å². The van der Waals surface area contributed by atoms with Crippen LogP contribution in [0, 0.1) is 11.8 Å². The Morgan fingerprint density at radius 1 is 1.23 bits per heavy atom. The summed E-state index contributed by atoms with van der Waals surface area (Å²) in [4.78, 5) is 12.4. The Balaban J connectivity index is 1.45. The highest BCUT2D eigenvalue weighted by Crippen LogP contribution is 2.44. The van der Waals surface area contributed by atoms with Gasteiger partial charge in [0.1, 0.15) is 18.5 Å². The van der Waals surface area contributed by atoms with E-state index in [0.29, 0.717) is 18.8 Å². The molecule has 40 heavy (non-hydrogen) atoms. The molecule has 0 spiro atoms. The lowest BCUT2D eigenvalue weighted by Crippen LogP contribution is -2.37. The van der Waals surface area contributed by atoms with Crippen LogP contribution in [-0.2, 0) is 25.0 Å². The third-order valence-electron chi connectivity index (χ3n) is 7.48. The van der Waals surface area contributed by atoms with Crippen molar-refractivity contribution in [2.24, 2.45) is 11.8 Å². The predicted octanol–water partition coefficient (Wildman–Crippen LogP) is 7.08. The number of rotatable bonds is 15. The molecule has 1 saturated carbocycles. The number of fused-ring (bicyclic) bond motifs is 2. The molecule has 1 aliphatic heterocycles. The average molecular weight is 566 g/mol. The Kier molecular flexibility index (Phi) is 12.1. The third kappa shape index (κ3) is 9.11. The zero-order valence-electron chi connectivity index (χ0n) is 23.7. The summed E-state index contributed by atoms with van der Waals surface area (Å²) in [5, 5.41) is 9.32. The van der Waals surface area contributed by atoms with Crippen LogP contribution in [0.1, 0.15) is 82.9 Å². The number of ether oxygens (including phenoxy) is 2. The minimum Gasteiger partial charge on any atom is -0.491 e. The van der Waals surface area contributed by atoms with Gasteiger partial charge in [-0.15, -0.1) is 6.58 Å². The molecule has 0 aromatic heterocycles. The zero-order chi connectivity index (χ0) is 29.3. The summed E-state index contributed by atoms with van der Waals surface area (Å²) in [6.07, 6.45) is 5.97. The maximum Gasteiger partial charge on any atom is 0.457 e. The fourth-order valence-electron chi connectivity index (χ4n) is 5.45. The molecule has 2 bridgehead atoms. The number of aliphatic hydroxyl groups is 1. The van der Waals surface area contributed by atoms with Crippen molar-refractivity contribution in [1.82, 2.24) is 0 Å². The van der Waals surface area contributed by atoms with Gasteiger partial charge in [-0.05, 0) is 63.9 Å². The molecular weight excluding hydrogens is 524 g/mol. The van der Waals surface area contributed by atoms with Crippen LogP contribution in [0.3, 0.4) is 0 Å². The van der Waals surface area contributed by atoms with E-state index in [2.05, 4.69) is 19.6 Å². The second-order valence-electron chi connectivity index (χ2n) is 10.8. The summed E-state index contributed by atoms with van der Waals surface area (Å²) >= 11 is 0. The Morgan fingerprint density at radius 3 is 2.65 bits per heavy atom. The molecule has 1 aliphatic carbocycles. The molecule has 1 N–H and O–H groups in total. The van der Waals surface area contributed by atoms with Crippen LogP contribution in [0.5, 0.6) is 5.75 Å². The highest BCUT2D eigenvalue weighted by Gasteiger charge is 2.48. The standard InChI is InChI=1S/C30H42BF3O6/c1-5-7-16-31-39-27-18-28(40-31)25(23(27)6-2)12-10-8-9-11-13-29(36)38-21(4)24-15-14-22(37-19-20(3)35)17-26(24)30(32,33)34/h6,8,10,14-15,17,20-21,23,25,27-28,35H,2,5,7,9,11-13,16,18-19H2,1,3-4H3/b10-8-/t20-,21?,23-,25-,27-,28+/m1/s1. The van der Waals surface area contributed by atoms with Crippen molar-refractivity contribution < 1.29 is 41.9 Å². The van der Waals surface area contributed by atoms with Crippen LogP contribution < -0.4 is 4.74 Å². The maximum absolute atomic E-state index is 13.7. The molecule has 222 valence electrons. The Morgan fingerprint density at radius 2 is 1.98 bits per heavy atom. The van der Waals surface area contributed by atoms with Gasteiger partial charge < -0.3 is 23.9 Å². The number of hydrogen-bond donors (Lipinski definition) is 1. The number of carbonyl (C=O) groups excluding carboxylic acids is 1. The largest absolute Gasteiger partial charge is 0.491 e. The van der Waals surface area contributed by atoms with E-state index < -0.39 is 29.9 Å². The fourth-order valence-corrected chi connectivity index (χ4v) is 5.45. The van der Waals surface area contributed by atoms with Crippen molar-refractivity contribution in [3.63, 3.8) is 0 Å². The average Bonchev–Trinajstić information content (AvgIpc) is 3.15. The first-order valence-electron chi connectivity index (χ1n) is 14.3. The Hall–Kier alpha value is -2.30. The molecule has 0 amide bonds. The highest BCUT2D eigenvalue weighted by molar-refractivity contribution is 6.44. The van der Waals surface area contributed by atoms with Gasteiger partial charge in [0.25, 0.3) is 0 Å². The van der Waals surface area contributed by atoms with Crippen LogP contribution >= 0.6 is 0 Å². The smallest absolute Gasteiger partial charge is 0.457 e. The minimum atomic E-state index is -4.65. The quantitative estimate of drug-likeness (QED) is 0.106. The first-order valence-corrected chi connectivity index (χ1v) is 14.3. The number of carbonyl (C=O) groups is 1. The number of allylic oxidation sites excluding steroid dienone is 2. The van der Waals surface area contributed by atoms with Crippen LogP contribution in [0.25, 0.3) is 0 Å². The van der Waals surface area contributed by atoms with Gasteiger partial charge in [0.15, 0.2) is 0 Å². The molecule has 1 unspecified atom stereocenters.